The van der Waals surface area contributed by atoms with Crippen LogP contribution in [-0.2, 0) is 4.79 Å². The largest absolute Gasteiger partial charge is 0.416 e. The first kappa shape index (κ1) is 13.7. The van der Waals surface area contributed by atoms with Crippen molar-refractivity contribution >= 4 is 40.6 Å². The summed E-state index contributed by atoms with van der Waals surface area (Å²) in [6.07, 6.45) is 0. The van der Waals surface area contributed by atoms with Crippen molar-refractivity contribution in [1.29, 1.82) is 0 Å². The number of hydrogen-bond acceptors (Lipinski definition) is 6. The highest BCUT2D eigenvalue weighted by Crippen LogP contribution is 2.24. The van der Waals surface area contributed by atoms with Gasteiger partial charge >= 0.3 is 0 Å². The van der Waals surface area contributed by atoms with Crippen LogP contribution in [0.3, 0.4) is 0 Å². The van der Waals surface area contributed by atoms with Crippen LogP contribution in [-0.4, -0.2) is 21.9 Å². The Labute approximate surface area is 118 Å². The fourth-order valence-electron chi connectivity index (χ4n) is 1.29. The second kappa shape index (κ2) is 5.94. The number of amides is 1. The molecule has 2 aromatic rings. The summed E-state index contributed by atoms with van der Waals surface area (Å²) in [4.78, 5) is 11.7. The van der Waals surface area contributed by atoms with Crippen molar-refractivity contribution in [3.05, 3.63) is 29.1 Å². The molecule has 3 N–H and O–H groups in total. The number of carbonyl (C=O) groups is 1. The van der Waals surface area contributed by atoms with Crippen molar-refractivity contribution in [3.8, 4) is 0 Å². The molecule has 1 amide bonds. The number of nitrogens with two attached hydrogens (primary N) is 1. The van der Waals surface area contributed by atoms with Crippen LogP contribution in [0.15, 0.2) is 27.8 Å². The molecule has 8 heteroatoms. The average molecular weight is 299 g/mol. The highest BCUT2D eigenvalue weighted by atomic mass is 35.5. The molecule has 0 fully saturated rings. The molecule has 6 nitrogen and oxygen atoms in total. The number of hydrogen-bond donors (Lipinski definition) is 2. The average Bonchev–Trinajstić information content (AvgIpc) is 2.77. The maximum Gasteiger partial charge on any atom is 0.277 e. The lowest BCUT2D eigenvalue weighted by atomic mass is 10.3. The molecule has 19 heavy (non-hydrogen) atoms. The van der Waals surface area contributed by atoms with Crippen molar-refractivity contribution in [3.63, 3.8) is 0 Å². The van der Waals surface area contributed by atoms with Crippen LogP contribution < -0.4 is 11.1 Å². The zero-order valence-electron chi connectivity index (χ0n) is 10.0. The number of aryl methyl sites for hydroxylation is 1. The van der Waals surface area contributed by atoms with Gasteiger partial charge in [0.05, 0.1) is 16.5 Å². The summed E-state index contributed by atoms with van der Waals surface area (Å²) in [7, 11) is 0. The molecule has 1 aromatic heterocycles. The summed E-state index contributed by atoms with van der Waals surface area (Å²) in [5, 5.41) is 10.9. The van der Waals surface area contributed by atoms with Gasteiger partial charge in [-0.05, 0) is 18.2 Å². The fraction of sp³-hybridized carbons (Fsp3) is 0.182. The lowest BCUT2D eigenvalue weighted by Crippen LogP contribution is -2.14. The summed E-state index contributed by atoms with van der Waals surface area (Å²) in [5.41, 5.74) is 6.63. The normalized spacial score (nSPS) is 10.4. The van der Waals surface area contributed by atoms with Gasteiger partial charge in [-0.3, -0.25) is 4.79 Å². The molecule has 0 saturated heterocycles. The topological polar surface area (TPSA) is 94.0 Å². The predicted octanol–water partition coefficient (Wildman–Crippen LogP) is 2.34. The van der Waals surface area contributed by atoms with E-state index in [1.165, 1.54) is 0 Å². The van der Waals surface area contributed by atoms with Gasteiger partial charge in [-0.25, -0.2) is 0 Å². The van der Waals surface area contributed by atoms with E-state index in [0.717, 1.165) is 11.8 Å². The van der Waals surface area contributed by atoms with Crippen molar-refractivity contribution in [2.75, 3.05) is 16.8 Å². The van der Waals surface area contributed by atoms with Crippen molar-refractivity contribution in [2.24, 2.45) is 0 Å². The van der Waals surface area contributed by atoms with Crippen LogP contribution in [0.25, 0.3) is 0 Å². The molecule has 0 unspecified atom stereocenters. The second-order valence-corrected chi connectivity index (χ2v) is 5.00. The summed E-state index contributed by atoms with van der Waals surface area (Å²) in [6.45, 7) is 1.68. The van der Waals surface area contributed by atoms with Gasteiger partial charge in [0.2, 0.25) is 11.8 Å². The van der Waals surface area contributed by atoms with E-state index in [1.807, 2.05) is 0 Å². The van der Waals surface area contributed by atoms with E-state index in [2.05, 4.69) is 15.5 Å². The molecule has 0 aliphatic rings. The SMILES string of the molecule is Cc1nnc(SCC(=O)Nc2cc(N)ccc2Cl)o1. The van der Waals surface area contributed by atoms with Crippen LogP contribution in [0.4, 0.5) is 11.4 Å². The van der Waals surface area contributed by atoms with E-state index in [9.17, 15) is 4.79 Å². The Morgan fingerprint density at radius 1 is 1.53 bits per heavy atom. The van der Waals surface area contributed by atoms with Gasteiger partial charge < -0.3 is 15.5 Å². The zero-order valence-corrected chi connectivity index (χ0v) is 11.6. The van der Waals surface area contributed by atoms with Gasteiger partial charge in [-0.2, -0.15) is 0 Å². The number of nitrogen functional groups attached to an aromatic ring is 1. The molecule has 0 spiro atoms. The standard InChI is InChI=1S/C11H11ClN4O2S/c1-6-15-16-11(18-6)19-5-10(17)14-9-4-7(13)2-3-8(9)12/h2-4H,5,13H2,1H3,(H,14,17). The Morgan fingerprint density at radius 2 is 2.32 bits per heavy atom. The highest BCUT2D eigenvalue weighted by Gasteiger charge is 2.10. The summed E-state index contributed by atoms with van der Waals surface area (Å²) in [6, 6.07) is 4.89. The third-order valence-electron chi connectivity index (χ3n) is 2.10. The maximum atomic E-state index is 11.7. The molecule has 100 valence electrons. The number of thioether (sulfide) groups is 1. The van der Waals surface area contributed by atoms with Gasteiger partial charge in [0.15, 0.2) is 0 Å². The number of aromatic nitrogens is 2. The monoisotopic (exact) mass is 298 g/mol. The van der Waals surface area contributed by atoms with Gasteiger partial charge in [-0.15, -0.1) is 10.2 Å². The van der Waals surface area contributed by atoms with Gasteiger partial charge in [0, 0.05) is 12.6 Å². The molecule has 1 heterocycles. The predicted molar refractivity (Wildman–Crippen MR) is 74.3 cm³/mol. The molecular weight excluding hydrogens is 288 g/mol. The summed E-state index contributed by atoms with van der Waals surface area (Å²) >= 11 is 7.09. The third-order valence-corrected chi connectivity index (χ3v) is 3.25. The van der Waals surface area contributed by atoms with E-state index in [-0.39, 0.29) is 11.7 Å². The number of rotatable bonds is 4. The summed E-state index contributed by atoms with van der Waals surface area (Å²) < 4.78 is 5.14. The van der Waals surface area contributed by atoms with Crippen molar-refractivity contribution < 1.29 is 9.21 Å². The number of anilines is 2. The molecule has 0 aliphatic heterocycles. The number of nitrogens with zero attached hydrogens (tertiary/aromatic N) is 2. The van der Waals surface area contributed by atoms with Crippen LogP contribution in [0.2, 0.25) is 5.02 Å². The van der Waals surface area contributed by atoms with Crippen LogP contribution in [0.1, 0.15) is 5.89 Å². The number of benzene rings is 1. The van der Waals surface area contributed by atoms with E-state index in [4.69, 9.17) is 21.8 Å². The molecule has 0 saturated carbocycles. The smallest absolute Gasteiger partial charge is 0.277 e. The highest BCUT2D eigenvalue weighted by molar-refractivity contribution is 7.99. The van der Waals surface area contributed by atoms with E-state index in [1.54, 1.807) is 25.1 Å². The molecule has 0 radical (unpaired) electrons. The summed E-state index contributed by atoms with van der Waals surface area (Å²) in [5.74, 6) is 0.377. The Balaban J connectivity index is 1.92. The first-order chi connectivity index (χ1) is 9.04. The Bertz CT molecular complexity index is 602. The first-order valence-corrected chi connectivity index (χ1v) is 6.69. The molecule has 0 atom stereocenters. The lowest BCUT2D eigenvalue weighted by molar-refractivity contribution is -0.113. The Kier molecular flexibility index (Phi) is 4.28. The lowest BCUT2D eigenvalue weighted by Gasteiger charge is -2.07. The zero-order chi connectivity index (χ0) is 13.8. The van der Waals surface area contributed by atoms with E-state index in [0.29, 0.717) is 27.5 Å². The number of nitrogens with one attached hydrogen (secondary N) is 1. The van der Waals surface area contributed by atoms with Gasteiger partial charge in [0.25, 0.3) is 5.22 Å². The van der Waals surface area contributed by atoms with E-state index < -0.39 is 0 Å². The van der Waals surface area contributed by atoms with Crippen molar-refractivity contribution in [1.82, 2.24) is 10.2 Å². The second-order valence-electron chi connectivity index (χ2n) is 3.66. The Hall–Kier alpha value is -1.73. The molecule has 1 aromatic carbocycles. The minimum Gasteiger partial charge on any atom is -0.416 e. The molecule has 0 bridgehead atoms. The number of halogens is 1. The fourth-order valence-corrected chi connectivity index (χ4v) is 2.06. The minimum atomic E-state index is -0.228. The number of carbonyl (C=O) groups excluding carboxylic acids is 1. The van der Waals surface area contributed by atoms with Crippen LogP contribution in [0.5, 0.6) is 0 Å². The van der Waals surface area contributed by atoms with Crippen LogP contribution in [0, 0.1) is 6.92 Å². The minimum absolute atomic E-state index is 0.146. The Morgan fingerprint density at radius 3 is 3.00 bits per heavy atom. The molecule has 0 aliphatic carbocycles. The maximum absolute atomic E-state index is 11.7. The third kappa shape index (κ3) is 3.87. The molecule has 2 rings (SSSR count). The quantitative estimate of drug-likeness (QED) is 0.664. The molecular formula is C11H11ClN4O2S. The van der Waals surface area contributed by atoms with Gasteiger partial charge in [0.1, 0.15) is 0 Å². The van der Waals surface area contributed by atoms with Crippen molar-refractivity contribution in [2.45, 2.75) is 12.1 Å². The first-order valence-electron chi connectivity index (χ1n) is 5.32. The van der Waals surface area contributed by atoms with Crippen LogP contribution >= 0.6 is 23.4 Å². The van der Waals surface area contributed by atoms with E-state index >= 15 is 0 Å². The van der Waals surface area contributed by atoms with Gasteiger partial charge in [-0.1, -0.05) is 23.4 Å².